The molecular formula is C21H37IN6OS. The minimum absolute atomic E-state index is 0. The van der Waals surface area contributed by atoms with Gasteiger partial charge < -0.3 is 15.1 Å². The Morgan fingerprint density at radius 1 is 1.20 bits per heavy atom. The third kappa shape index (κ3) is 7.05. The lowest BCUT2D eigenvalue weighted by atomic mass is 9.92. The fourth-order valence-corrected chi connectivity index (χ4v) is 5.11. The zero-order chi connectivity index (χ0) is 20.8. The fourth-order valence-electron chi connectivity index (χ4n) is 4.37. The number of rotatable bonds is 5. The van der Waals surface area contributed by atoms with Crippen LogP contribution < -0.4 is 5.32 Å². The summed E-state index contributed by atoms with van der Waals surface area (Å²) in [6.45, 7) is 13.3. The summed E-state index contributed by atoms with van der Waals surface area (Å²) in [6, 6.07) is 0. The molecule has 3 rings (SSSR count). The molecule has 170 valence electrons. The summed E-state index contributed by atoms with van der Waals surface area (Å²) in [5, 5.41) is 6.73. The lowest BCUT2D eigenvalue weighted by Gasteiger charge is -2.39. The van der Waals surface area contributed by atoms with Gasteiger partial charge in [-0.25, -0.2) is 4.98 Å². The molecule has 1 aromatic heterocycles. The van der Waals surface area contributed by atoms with E-state index in [1.807, 2.05) is 7.05 Å². The molecule has 7 nitrogen and oxygen atoms in total. The Labute approximate surface area is 202 Å². The van der Waals surface area contributed by atoms with E-state index in [4.69, 9.17) is 0 Å². The van der Waals surface area contributed by atoms with Gasteiger partial charge in [0.2, 0.25) is 5.91 Å². The second-order valence-corrected chi connectivity index (χ2v) is 9.44. The van der Waals surface area contributed by atoms with Crippen LogP contribution in [-0.2, 0) is 17.8 Å². The Kier molecular flexibility index (Phi) is 10.3. The first-order valence-corrected chi connectivity index (χ1v) is 11.8. The van der Waals surface area contributed by atoms with Crippen molar-refractivity contribution < 1.29 is 4.79 Å². The number of nitrogens with one attached hydrogen (secondary N) is 1. The summed E-state index contributed by atoms with van der Waals surface area (Å²) < 4.78 is 0. The molecule has 2 fully saturated rings. The van der Waals surface area contributed by atoms with E-state index in [1.54, 1.807) is 11.3 Å². The van der Waals surface area contributed by atoms with Crippen molar-refractivity contribution in [2.75, 3.05) is 52.9 Å². The number of aromatic nitrogens is 1. The first kappa shape index (κ1) is 25.3. The van der Waals surface area contributed by atoms with Crippen LogP contribution in [0.3, 0.4) is 0 Å². The number of likely N-dealkylation sites (tertiary alicyclic amines) is 1. The van der Waals surface area contributed by atoms with E-state index >= 15 is 0 Å². The van der Waals surface area contributed by atoms with Crippen LogP contribution in [0.1, 0.15) is 37.9 Å². The molecule has 0 aromatic carbocycles. The SMILES string of the molecule is CCc1nc(CNC(=NC)N2CCN(CC(=O)N3CC(C)CC(C)C3)CC2)cs1.I. The number of piperazine rings is 1. The lowest BCUT2D eigenvalue weighted by Crippen LogP contribution is -2.55. The largest absolute Gasteiger partial charge is 0.351 e. The van der Waals surface area contributed by atoms with Crippen LogP contribution in [-0.4, -0.2) is 84.4 Å². The molecule has 2 saturated heterocycles. The highest BCUT2D eigenvalue weighted by Crippen LogP contribution is 2.21. The van der Waals surface area contributed by atoms with E-state index in [2.05, 4.69) is 56.1 Å². The smallest absolute Gasteiger partial charge is 0.236 e. The van der Waals surface area contributed by atoms with Crippen LogP contribution in [0.25, 0.3) is 0 Å². The zero-order valence-electron chi connectivity index (χ0n) is 18.8. The zero-order valence-corrected chi connectivity index (χ0v) is 21.9. The number of thiazole rings is 1. The first-order chi connectivity index (χ1) is 14.0. The molecule has 0 saturated carbocycles. The van der Waals surface area contributed by atoms with Gasteiger partial charge in [0.05, 0.1) is 23.8 Å². The number of aliphatic imine (C=N–C) groups is 1. The van der Waals surface area contributed by atoms with Crippen molar-refractivity contribution in [3.63, 3.8) is 0 Å². The summed E-state index contributed by atoms with van der Waals surface area (Å²) in [5.74, 6) is 2.43. The minimum Gasteiger partial charge on any atom is -0.351 e. The average molecular weight is 549 g/mol. The minimum atomic E-state index is 0. The molecule has 1 amide bonds. The van der Waals surface area contributed by atoms with Crippen LogP contribution in [0.5, 0.6) is 0 Å². The Hall–Kier alpha value is -0.940. The standard InChI is InChI=1S/C21H36N6OS.HI/c1-5-19-24-18(15-29-19)11-23-21(22-4)26-8-6-25(7-9-26)14-20(28)27-12-16(2)10-17(3)13-27;/h15-17H,5-14H2,1-4H3,(H,22,23);1H. The maximum atomic E-state index is 12.7. The van der Waals surface area contributed by atoms with Gasteiger partial charge in [0.1, 0.15) is 0 Å². The topological polar surface area (TPSA) is 64.1 Å². The lowest BCUT2D eigenvalue weighted by molar-refractivity contribution is -0.135. The van der Waals surface area contributed by atoms with Crippen LogP contribution in [0.15, 0.2) is 10.4 Å². The second-order valence-electron chi connectivity index (χ2n) is 8.49. The maximum Gasteiger partial charge on any atom is 0.236 e. The van der Waals surface area contributed by atoms with Crippen molar-refractivity contribution in [2.24, 2.45) is 16.8 Å². The summed E-state index contributed by atoms with van der Waals surface area (Å²) in [4.78, 5) is 28.4. The van der Waals surface area contributed by atoms with Crippen LogP contribution in [0.2, 0.25) is 0 Å². The van der Waals surface area contributed by atoms with E-state index in [0.29, 0.717) is 24.9 Å². The summed E-state index contributed by atoms with van der Waals surface area (Å²) in [5.41, 5.74) is 1.07. The molecule has 0 radical (unpaired) electrons. The van der Waals surface area contributed by atoms with E-state index < -0.39 is 0 Å². The van der Waals surface area contributed by atoms with Crippen molar-refractivity contribution in [1.82, 2.24) is 25.0 Å². The molecule has 1 N–H and O–H groups in total. The third-order valence-electron chi connectivity index (χ3n) is 5.79. The van der Waals surface area contributed by atoms with Crippen LogP contribution in [0.4, 0.5) is 0 Å². The fraction of sp³-hybridized carbons (Fsp3) is 0.762. The van der Waals surface area contributed by atoms with E-state index in [9.17, 15) is 4.79 Å². The van der Waals surface area contributed by atoms with E-state index in [1.165, 1.54) is 11.4 Å². The third-order valence-corrected chi connectivity index (χ3v) is 6.84. The predicted octanol–water partition coefficient (Wildman–Crippen LogP) is 2.52. The highest BCUT2D eigenvalue weighted by molar-refractivity contribution is 14.0. The first-order valence-electron chi connectivity index (χ1n) is 10.9. The van der Waals surface area contributed by atoms with Gasteiger partial charge in [0.25, 0.3) is 0 Å². The van der Waals surface area contributed by atoms with Gasteiger partial charge in [-0.1, -0.05) is 20.8 Å². The van der Waals surface area contributed by atoms with Crippen LogP contribution >= 0.6 is 35.3 Å². The number of hydrogen-bond acceptors (Lipinski definition) is 5. The summed E-state index contributed by atoms with van der Waals surface area (Å²) in [7, 11) is 1.83. The van der Waals surface area contributed by atoms with Gasteiger partial charge in [-0.15, -0.1) is 35.3 Å². The van der Waals surface area contributed by atoms with Crippen molar-refractivity contribution >= 4 is 47.2 Å². The molecule has 2 aliphatic heterocycles. The second kappa shape index (κ2) is 12.2. The molecule has 1 aromatic rings. The number of amides is 1. The van der Waals surface area contributed by atoms with E-state index in [0.717, 1.165) is 57.3 Å². The molecule has 2 unspecified atom stereocenters. The normalized spacial score (nSPS) is 23.3. The highest BCUT2D eigenvalue weighted by atomic mass is 127. The number of carbonyl (C=O) groups excluding carboxylic acids is 1. The molecule has 2 atom stereocenters. The molecular weight excluding hydrogens is 511 g/mol. The van der Waals surface area contributed by atoms with Gasteiger partial charge in [0, 0.05) is 51.7 Å². The molecule has 3 heterocycles. The predicted molar refractivity (Wildman–Crippen MR) is 135 cm³/mol. The maximum absolute atomic E-state index is 12.7. The average Bonchev–Trinajstić information content (AvgIpc) is 3.17. The molecule has 0 aliphatic carbocycles. The highest BCUT2D eigenvalue weighted by Gasteiger charge is 2.28. The van der Waals surface area contributed by atoms with Gasteiger partial charge in [-0.2, -0.15) is 0 Å². The molecule has 0 spiro atoms. The van der Waals surface area contributed by atoms with Crippen molar-refractivity contribution in [3.8, 4) is 0 Å². The Morgan fingerprint density at radius 3 is 2.43 bits per heavy atom. The quantitative estimate of drug-likeness (QED) is 0.348. The number of guanidine groups is 1. The summed E-state index contributed by atoms with van der Waals surface area (Å²) >= 11 is 1.72. The Bertz CT molecular complexity index is 693. The summed E-state index contributed by atoms with van der Waals surface area (Å²) in [6.07, 6.45) is 2.21. The number of hydrogen-bond donors (Lipinski definition) is 1. The van der Waals surface area contributed by atoms with E-state index in [-0.39, 0.29) is 29.9 Å². The number of aryl methyl sites for hydroxylation is 1. The Morgan fingerprint density at radius 2 is 1.87 bits per heavy atom. The molecule has 2 aliphatic rings. The molecule has 0 bridgehead atoms. The van der Waals surface area contributed by atoms with Gasteiger partial charge in [-0.3, -0.25) is 14.7 Å². The van der Waals surface area contributed by atoms with Gasteiger partial charge >= 0.3 is 0 Å². The van der Waals surface area contributed by atoms with Gasteiger partial charge in [-0.05, 0) is 24.7 Å². The number of piperidine rings is 1. The monoisotopic (exact) mass is 548 g/mol. The number of nitrogens with zero attached hydrogens (tertiary/aromatic N) is 5. The molecule has 9 heteroatoms. The molecule has 30 heavy (non-hydrogen) atoms. The van der Waals surface area contributed by atoms with Crippen LogP contribution in [0, 0.1) is 11.8 Å². The van der Waals surface area contributed by atoms with Crippen molar-refractivity contribution in [1.29, 1.82) is 0 Å². The Balaban J connectivity index is 0.00000320. The van der Waals surface area contributed by atoms with Gasteiger partial charge in [0.15, 0.2) is 5.96 Å². The van der Waals surface area contributed by atoms with Crippen molar-refractivity contribution in [3.05, 3.63) is 16.1 Å². The number of carbonyl (C=O) groups is 1. The van der Waals surface area contributed by atoms with Crippen molar-refractivity contribution in [2.45, 2.75) is 40.2 Å². The number of halogens is 1.